The summed E-state index contributed by atoms with van der Waals surface area (Å²) in [5.74, 6) is -1.12. The molecule has 1 aliphatic heterocycles. The van der Waals surface area contributed by atoms with Gasteiger partial charge in [0.05, 0.1) is 23.4 Å². The summed E-state index contributed by atoms with van der Waals surface area (Å²) in [5, 5.41) is 12.1. The average molecular weight is 465 g/mol. The van der Waals surface area contributed by atoms with Gasteiger partial charge in [-0.05, 0) is 44.3 Å². The lowest BCUT2D eigenvalue weighted by molar-refractivity contribution is -0.132. The summed E-state index contributed by atoms with van der Waals surface area (Å²) in [6.45, 7) is 7.12. The maximum atomic E-state index is 13.6. The highest BCUT2D eigenvalue weighted by molar-refractivity contribution is 6.35. The van der Waals surface area contributed by atoms with E-state index in [-0.39, 0.29) is 26.7 Å². The first-order valence-corrected chi connectivity index (χ1v) is 11.0. The van der Waals surface area contributed by atoms with Crippen molar-refractivity contribution in [2.75, 3.05) is 38.2 Å². The summed E-state index contributed by atoms with van der Waals surface area (Å²) in [6, 6.07) is 9.58. The average Bonchev–Trinajstić information content (AvgIpc) is 2.98. The normalized spacial score (nSPS) is 17.9. The summed E-state index contributed by atoms with van der Waals surface area (Å²) in [6.07, 6.45) is 0.686. The fourth-order valence-corrected chi connectivity index (χ4v) is 4.65. The molecule has 2 aromatic carbocycles. The number of hydrogen-bond acceptors (Lipinski definition) is 5. The fraction of sp³-hybridized carbons (Fsp3) is 0.391. The maximum Gasteiger partial charge on any atom is 0.337 e. The number of esters is 1. The molecule has 0 saturated carbocycles. The van der Waals surface area contributed by atoms with Gasteiger partial charge in [-0.15, -0.1) is 0 Å². The molecule has 0 fully saturated rings. The highest BCUT2D eigenvalue weighted by atomic mass is 35.5. The van der Waals surface area contributed by atoms with Crippen molar-refractivity contribution in [1.29, 1.82) is 0 Å². The molecule has 0 aromatic heterocycles. The van der Waals surface area contributed by atoms with Crippen LogP contribution in [-0.2, 0) is 15.1 Å². The molecule has 6 nitrogen and oxygen atoms in total. The van der Waals surface area contributed by atoms with E-state index in [1.54, 1.807) is 24.3 Å². The Labute approximate surface area is 192 Å². The van der Waals surface area contributed by atoms with Gasteiger partial charge in [0.25, 0.3) is 5.91 Å². The summed E-state index contributed by atoms with van der Waals surface area (Å²) in [5.41, 5.74) is -0.977. The molecule has 31 heavy (non-hydrogen) atoms. The monoisotopic (exact) mass is 464 g/mol. The Balaban J connectivity index is 2.11. The van der Waals surface area contributed by atoms with Crippen LogP contribution in [0.3, 0.4) is 0 Å². The topological polar surface area (TPSA) is 70.1 Å². The van der Waals surface area contributed by atoms with Gasteiger partial charge in [-0.1, -0.05) is 55.2 Å². The van der Waals surface area contributed by atoms with E-state index in [4.69, 9.17) is 27.9 Å². The van der Waals surface area contributed by atoms with Crippen LogP contribution < -0.4 is 4.90 Å². The van der Waals surface area contributed by atoms with E-state index in [9.17, 15) is 14.7 Å². The van der Waals surface area contributed by atoms with Gasteiger partial charge in [-0.25, -0.2) is 4.79 Å². The van der Waals surface area contributed by atoms with E-state index in [1.807, 2.05) is 0 Å². The van der Waals surface area contributed by atoms with Crippen LogP contribution in [0.25, 0.3) is 0 Å². The summed E-state index contributed by atoms with van der Waals surface area (Å²) in [4.78, 5) is 29.5. The molecule has 0 spiro atoms. The number of amides is 1. The van der Waals surface area contributed by atoms with Gasteiger partial charge in [0.2, 0.25) is 0 Å². The van der Waals surface area contributed by atoms with E-state index < -0.39 is 17.5 Å². The van der Waals surface area contributed by atoms with E-state index in [1.165, 1.54) is 24.1 Å². The number of ether oxygens (including phenoxy) is 1. The Hall–Kier alpha value is -2.12. The van der Waals surface area contributed by atoms with Crippen LogP contribution in [0.15, 0.2) is 36.4 Å². The lowest BCUT2D eigenvalue weighted by Crippen LogP contribution is -2.42. The molecule has 0 radical (unpaired) electrons. The van der Waals surface area contributed by atoms with Crippen molar-refractivity contribution in [2.24, 2.45) is 0 Å². The van der Waals surface area contributed by atoms with Crippen LogP contribution in [0.5, 0.6) is 0 Å². The minimum Gasteiger partial charge on any atom is -0.465 e. The summed E-state index contributed by atoms with van der Waals surface area (Å²) < 4.78 is 4.82. The van der Waals surface area contributed by atoms with Gasteiger partial charge < -0.3 is 19.6 Å². The second-order valence-corrected chi connectivity index (χ2v) is 8.19. The molecule has 1 amide bonds. The standard InChI is InChI=1S/C23H26Cl2N2O4/c1-4-26(5-2)11-8-12-27-19-14-15(21(28)31-3)13-18(25)20(19)23(30,22(27)29)16-9-6-7-10-17(16)24/h6-7,9-10,13-14,30H,4-5,8,11-12H2,1-3H3. The number of aliphatic hydroxyl groups is 1. The number of benzene rings is 2. The van der Waals surface area contributed by atoms with Gasteiger partial charge in [-0.3, -0.25) is 4.79 Å². The zero-order valence-corrected chi connectivity index (χ0v) is 19.3. The van der Waals surface area contributed by atoms with Crippen molar-refractivity contribution >= 4 is 40.8 Å². The minimum absolute atomic E-state index is 0.0971. The number of fused-ring (bicyclic) bond motifs is 1. The van der Waals surface area contributed by atoms with Crippen LogP contribution >= 0.6 is 23.2 Å². The fourth-order valence-electron chi connectivity index (χ4n) is 4.03. The van der Waals surface area contributed by atoms with E-state index in [2.05, 4.69) is 18.7 Å². The van der Waals surface area contributed by atoms with Gasteiger partial charge in [0.15, 0.2) is 5.60 Å². The molecule has 1 aliphatic rings. The van der Waals surface area contributed by atoms with Crippen molar-refractivity contribution in [2.45, 2.75) is 25.9 Å². The van der Waals surface area contributed by atoms with Crippen LogP contribution in [0.4, 0.5) is 5.69 Å². The molecule has 0 saturated heterocycles. The van der Waals surface area contributed by atoms with E-state index in [0.29, 0.717) is 18.7 Å². The van der Waals surface area contributed by atoms with Gasteiger partial charge in [-0.2, -0.15) is 0 Å². The van der Waals surface area contributed by atoms with Crippen LogP contribution in [-0.4, -0.2) is 55.2 Å². The smallest absolute Gasteiger partial charge is 0.337 e. The molecule has 166 valence electrons. The third-order valence-electron chi connectivity index (χ3n) is 5.71. The van der Waals surface area contributed by atoms with Crippen molar-refractivity contribution < 1.29 is 19.4 Å². The first kappa shape index (κ1) is 23.5. The Kier molecular flexibility index (Phi) is 7.27. The van der Waals surface area contributed by atoms with Crippen LogP contribution in [0.1, 0.15) is 41.8 Å². The first-order valence-electron chi connectivity index (χ1n) is 10.2. The first-order chi connectivity index (χ1) is 14.8. The predicted molar refractivity (Wildman–Crippen MR) is 122 cm³/mol. The number of rotatable bonds is 8. The number of halogens is 2. The maximum absolute atomic E-state index is 13.6. The van der Waals surface area contributed by atoms with Crippen LogP contribution in [0.2, 0.25) is 10.0 Å². The minimum atomic E-state index is -2.05. The molecule has 2 aromatic rings. The zero-order chi connectivity index (χ0) is 22.8. The quantitative estimate of drug-likeness (QED) is 0.595. The molecule has 0 bridgehead atoms. The second-order valence-electron chi connectivity index (χ2n) is 7.37. The zero-order valence-electron chi connectivity index (χ0n) is 17.8. The molecule has 1 N–H and O–H groups in total. The highest BCUT2D eigenvalue weighted by Gasteiger charge is 2.53. The largest absolute Gasteiger partial charge is 0.465 e. The number of anilines is 1. The molecular formula is C23H26Cl2N2O4. The predicted octanol–water partition coefficient (Wildman–Crippen LogP) is 4.09. The number of carbonyl (C=O) groups is 2. The molecule has 0 aliphatic carbocycles. The number of hydrogen-bond donors (Lipinski definition) is 1. The van der Waals surface area contributed by atoms with Crippen molar-refractivity contribution in [3.05, 3.63) is 63.1 Å². The van der Waals surface area contributed by atoms with Crippen LogP contribution in [0, 0.1) is 0 Å². The highest BCUT2D eigenvalue weighted by Crippen LogP contribution is 2.49. The Morgan fingerprint density at radius 1 is 1.16 bits per heavy atom. The summed E-state index contributed by atoms with van der Waals surface area (Å²) >= 11 is 12.9. The molecule has 1 unspecified atom stereocenters. The van der Waals surface area contributed by atoms with E-state index >= 15 is 0 Å². The van der Waals surface area contributed by atoms with Crippen molar-refractivity contribution in [3.8, 4) is 0 Å². The third kappa shape index (κ3) is 4.17. The van der Waals surface area contributed by atoms with Gasteiger partial charge in [0, 0.05) is 22.7 Å². The molecular weight excluding hydrogens is 439 g/mol. The SMILES string of the molecule is CCN(CC)CCCN1C(=O)C(O)(c2ccccc2Cl)c2c(Cl)cc(C(=O)OC)cc21. The second kappa shape index (κ2) is 9.57. The Morgan fingerprint density at radius 3 is 2.45 bits per heavy atom. The molecule has 3 rings (SSSR count). The van der Waals surface area contributed by atoms with Crippen molar-refractivity contribution in [1.82, 2.24) is 4.90 Å². The third-order valence-corrected chi connectivity index (χ3v) is 6.34. The molecule has 1 heterocycles. The van der Waals surface area contributed by atoms with Crippen molar-refractivity contribution in [3.63, 3.8) is 0 Å². The van der Waals surface area contributed by atoms with Gasteiger partial charge in [0.1, 0.15) is 0 Å². The number of nitrogens with zero attached hydrogens (tertiary/aromatic N) is 2. The Bertz CT molecular complexity index is 994. The Morgan fingerprint density at radius 2 is 1.84 bits per heavy atom. The number of methoxy groups -OCH3 is 1. The van der Waals surface area contributed by atoms with E-state index in [0.717, 1.165) is 19.6 Å². The lowest BCUT2D eigenvalue weighted by Gasteiger charge is -2.25. The molecule has 1 atom stereocenters. The molecule has 8 heteroatoms. The number of carbonyl (C=O) groups excluding carboxylic acids is 2. The summed E-state index contributed by atoms with van der Waals surface area (Å²) in [7, 11) is 1.27. The lowest BCUT2D eigenvalue weighted by atomic mass is 9.87. The van der Waals surface area contributed by atoms with Gasteiger partial charge >= 0.3 is 5.97 Å².